The van der Waals surface area contributed by atoms with Gasteiger partial charge in [-0.3, -0.25) is 9.59 Å². The summed E-state index contributed by atoms with van der Waals surface area (Å²) in [6, 6.07) is 19.0. The lowest BCUT2D eigenvalue weighted by molar-refractivity contribution is -0.212. The number of β-lactam (4-membered cyclic amide) rings is 2. The Morgan fingerprint density at radius 2 is 1.00 bits per heavy atom. The largest absolute Gasteiger partial charge is 0.369 e. The van der Waals surface area contributed by atoms with Crippen LogP contribution in [0.5, 0.6) is 0 Å². The number of amides is 2. The quantitative estimate of drug-likeness (QED) is 0.661. The van der Waals surface area contributed by atoms with Gasteiger partial charge >= 0.3 is 0 Å². The molecule has 0 spiro atoms. The number of hydrogen-bond donors (Lipinski definition) is 0. The topological polar surface area (TPSA) is 59.1 Å². The van der Waals surface area contributed by atoms with Crippen molar-refractivity contribution < 1.29 is 19.1 Å². The van der Waals surface area contributed by atoms with Crippen molar-refractivity contribution in [2.45, 2.75) is 50.2 Å². The highest BCUT2D eigenvalue weighted by atomic mass is 16.5. The van der Waals surface area contributed by atoms with Gasteiger partial charge in [0.1, 0.15) is 0 Å². The first kappa shape index (κ1) is 20.6. The van der Waals surface area contributed by atoms with Gasteiger partial charge in [0, 0.05) is 14.2 Å². The first-order chi connectivity index (χ1) is 14.5. The van der Waals surface area contributed by atoms with Crippen LogP contribution in [0.1, 0.15) is 37.1 Å². The van der Waals surface area contributed by atoms with Crippen LogP contribution in [0.4, 0.5) is 0 Å². The molecule has 0 bridgehead atoms. The van der Waals surface area contributed by atoms with Crippen LogP contribution >= 0.6 is 0 Å². The molecule has 2 aromatic carbocycles. The van der Waals surface area contributed by atoms with Crippen molar-refractivity contribution in [2.24, 2.45) is 0 Å². The molecule has 0 radical (unpaired) electrons. The maximum absolute atomic E-state index is 12.9. The molecule has 2 aliphatic heterocycles. The fourth-order valence-electron chi connectivity index (χ4n) is 4.86. The molecule has 2 aromatic rings. The van der Waals surface area contributed by atoms with Crippen LogP contribution in [-0.2, 0) is 19.1 Å². The number of ether oxygens (including phenoxy) is 2. The van der Waals surface area contributed by atoms with E-state index in [4.69, 9.17) is 9.47 Å². The summed E-state index contributed by atoms with van der Waals surface area (Å²) in [5, 5.41) is 0. The summed E-state index contributed by atoms with van der Waals surface area (Å²) < 4.78 is 11.1. The number of nitrogens with zero attached hydrogens (tertiary/aromatic N) is 2. The zero-order valence-corrected chi connectivity index (χ0v) is 17.8. The van der Waals surface area contributed by atoms with Crippen molar-refractivity contribution in [1.29, 1.82) is 0 Å². The Morgan fingerprint density at radius 1 is 0.667 bits per heavy atom. The molecule has 2 amide bonds. The summed E-state index contributed by atoms with van der Waals surface area (Å²) >= 11 is 0. The molecule has 2 heterocycles. The first-order valence-corrected chi connectivity index (χ1v) is 10.3. The Kier molecular flexibility index (Phi) is 5.62. The van der Waals surface area contributed by atoms with Gasteiger partial charge in [0.05, 0.1) is 24.2 Å². The van der Waals surface area contributed by atoms with E-state index in [1.54, 1.807) is 14.2 Å². The summed E-state index contributed by atoms with van der Waals surface area (Å²) in [6.07, 6.45) is -1.17. The average Bonchev–Trinajstić information content (AvgIpc) is 2.77. The van der Waals surface area contributed by atoms with Gasteiger partial charge in [-0.25, -0.2) is 0 Å². The number of rotatable bonds is 7. The second-order valence-electron chi connectivity index (χ2n) is 7.96. The number of hydrogen-bond acceptors (Lipinski definition) is 4. The molecule has 30 heavy (non-hydrogen) atoms. The zero-order chi connectivity index (χ0) is 21.4. The lowest BCUT2D eigenvalue weighted by Gasteiger charge is -2.60. The van der Waals surface area contributed by atoms with E-state index in [1.807, 2.05) is 84.3 Å². The maximum Gasteiger partial charge on any atom is 0.254 e. The van der Waals surface area contributed by atoms with Gasteiger partial charge in [-0.05, 0) is 25.0 Å². The SMILES string of the molecule is CO[C@@H]1C(=O)N([C@@H](C)c2ccccc2)[C@@H]1[C@@H]1[C@H](OC)C(=O)N1[C@@H](C)c1ccccc1. The van der Waals surface area contributed by atoms with Crippen molar-refractivity contribution in [1.82, 2.24) is 9.80 Å². The van der Waals surface area contributed by atoms with Crippen LogP contribution in [0, 0.1) is 0 Å². The van der Waals surface area contributed by atoms with Crippen molar-refractivity contribution in [3.63, 3.8) is 0 Å². The molecule has 0 saturated carbocycles. The first-order valence-electron chi connectivity index (χ1n) is 10.3. The third kappa shape index (κ3) is 3.11. The summed E-state index contributed by atoms with van der Waals surface area (Å²) in [7, 11) is 3.10. The van der Waals surface area contributed by atoms with E-state index in [1.165, 1.54) is 0 Å². The average molecular weight is 408 g/mol. The number of methoxy groups -OCH3 is 2. The van der Waals surface area contributed by atoms with Crippen molar-refractivity contribution in [3.8, 4) is 0 Å². The van der Waals surface area contributed by atoms with E-state index in [9.17, 15) is 9.59 Å². The molecule has 4 rings (SSSR count). The van der Waals surface area contributed by atoms with E-state index >= 15 is 0 Å². The highest BCUT2D eigenvalue weighted by molar-refractivity contribution is 5.94. The Bertz CT molecular complexity index is 828. The molecule has 2 saturated heterocycles. The summed E-state index contributed by atoms with van der Waals surface area (Å²) in [5.74, 6) is -0.110. The standard InChI is InChI=1S/C24H28N2O4/c1-15(17-11-7-5-8-12-17)25-19(21(29-3)23(25)27)20-22(30-4)24(28)26(20)16(2)18-13-9-6-10-14-18/h5-16,19-22H,1-4H3/t15-,16-,19+,20+,21-,22-/m0/s1. The summed E-state index contributed by atoms with van der Waals surface area (Å²) in [6.45, 7) is 4.03. The summed E-state index contributed by atoms with van der Waals surface area (Å²) in [5.41, 5.74) is 2.10. The molecule has 2 fully saturated rings. The zero-order valence-electron chi connectivity index (χ0n) is 17.8. The van der Waals surface area contributed by atoms with Gasteiger partial charge in [0.15, 0.2) is 12.2 Å². The normalized spacial score (nSPS) is 28.0. The Hall–Kier alpha value is -2.70. The molecule has 6 nitrogen and oxygen atoms in total. The van der Waals surface area contributed by atoms with E-state index in [2.05, 4.69) is 0 Å². The Labute approximate surface area is 177 Å². The predicted octanol–water partition coefficient (Wildman–Crippen LogP) is 2.96. The fourth-order valence-corrected chi connectivity index (χ4v) is 4.86. The van der Waals surface area contributed by atoms with Gasteiger partial charge in [-0.2, -0.15) is 0 Å². The van der Waals surface area contributed by atoms with E-state index < -0.39 is 12.2 Å². The molecule has 0 aliphatic carbocycles. The van der Waals surface area contributed by atoms with Gasteiger partial charge < -0.3 is 19.3 Å². The van der Waals surface area contributed by atoms with Crippen LogP contribution in [-0.4, -0.2) is 60.1 Å². The minimum absolute atomic E-state index is 0.0552. The van der Waals surface area contributed by atoms with E-state index in [-0.39, 0.29) is 36.0 Å². The second-order valence-corrected chi connectivity index (χ2v) is 7.96. The van der Waals surface area contributed by atoms with Crippen LogP contribution in [0.15, 0.2) is 60.7 Å². The third-order valence-electron chi connectivity index (χ3n) is 6.51. The maximum atomic E-state index is 12.9. The number of carbonyl (C=O) groups excluding carboxylic acids is 2. The minimum atomic E-state index is -0.586. The van der Waals surface area contributed by atoms with Crippen molar-refractivity contribution in [2.75, 3.05) is 14.2 Å². The Morgan fingerprint density at radius 3 is 1.30 bits per heavy atom. The molecule has 6 heteroatoms. The predicted molar refractivity (Wildman–Crippen MR) is 113 cm³/mol. The highest BCUT2D eigenvalue weighted by Gasteiger charge is 2.64. The number of likely N-dealkylation sites (tertiary alicyclic amines) is 2. The van der Waals surface area contributed by atoms with Crippen molar-refractivity contribution >= 4 is 11.8 Å². The molecular weight excluding hydrogens is 380 g/mol. The monoisotopic (exact) mass is 408 g/mol. The molecule has 0 N–H and O–H groups in total. The van der Waals surface area contributed by atoms with Crippen LogP contribution in [0.25, 0.3) is 0 Å². The third-order valence-corrected chi connectivity index (χ3v) is 6.51. The van der Waals surface area contributed by atoms with Gasteiger partial charge in [0.25, 0.3) is 11.8 Å². The fraction of sp³-hybridized carbons (Fsp3) is 0.417. The van der Waals surface area contributed by atoms with Crippen LogP contribution < -0.4 is 0 Å². The van der Waals surface area contributed by atoms with Crippen LogP contribution in [0.3, 0.4) is 0 Å². The Balaban J connectivity index is 1.66. The van der Waals surface area contributed by atoms with Gasteiger partial charge in [0.2, 0.25) is 0 Å². The van der Waals surface area contributed by atoms with E-state index in [0.29, 0.717) is 0 Å². The molecule has 2 aliphatic rings. The molecule has 158 valence electrons. The van der Waals surface area contributed by atoms with E-state index in [0.717, 1.165) is 11.1 Å². The molecule has 0 unspecified atom stereocenters. The van der Waals surface area contributed by atoms with Gasteiger partial charge in [-0.1, -0.05) is 60.7 Å². The minimum Gasteiger partial charge on any atom is -0.369 e. The van der Waals surface area contributed by atoms with Crippen molar-refractivity contribution in [3.05, 3.63) is 71.8 Å². The molecular formula is C24H28N2O4. The summed E-state index contributed by atoms with van der Waals surface area (Å²) in [4.78, 5) is 29.6. The lowest BCUT2D eigenvalue weighted by atomic mass is 9.78. The smallest absolute Gasteiger partial charge is 0.254 e. The second kappa shape index (κ2) is 8.20. The van der Waals surface area contributed by atoms with Crippen LogP contribution in [0.2, 0.25) is 0 Å². The van der Waals surface area contributed by atoms with Gasteiger partial charge in [-0.15, -0.1) is 0 Å². The number of carbonyl (C=O) groups is 2. The number of benzene rings is 2. The lowest BCUT2D eigenvalue weighted by Crippen LogP contribution is -2.81. The molecule has 0 aromatic heterocycles. The highest BCUT2D eigenvalue weighted by Crippen LogP contribution is 2.44. The molecule has 6 atom stereocenters.